The first kappa shape index (κ1) is 24.6. The van der Waals surface area contributed by atoms with E-state index in [0.717, 1.165) is 10.7 Å². The number of aryl methyl sites for hydroxylation is 2. The summed E-state index contributed by atoms with van der Waals surface area (Å²) in [6.07, 6.45) is -4.76. The summed E-state index contributed by atoms with van der Waals surface area (Å²) >= 11 is 5.82. The number of anilines is 1. The van der Waals surface area contributed by atoms with Crippen LogP contribution in [0.5, 0.6) is 5.75 Å². The molecule has 1 amide bonds. The van der Waals surface area contributed by atoms with Crippen LogP contribution in [0, 0.1) is 6.92 Å². The van der Waals surface area contributed by atoms with E-state index in [0.29, 0.717) is 5.02 Å². The number of halogens is 4. The Morgan fingerprint density at radius 1 is 1.12 bits per heavy atom. The number of hydrogen-bond donors (Lipinski definition) is 1. The van der Waals surface area contributed by atoms with Crippen molar-refractivity contribution in [3.8, 4) is 5.75 Å². The summed E-state index contributed by atoms with van der Waals surface area (Å²) in [6, 6.07) is 10.5. The van der Waals surface area contributed by atoms with Crippen molar-refractivity contribution in [2.24, 2.45) is 0 Å². The molecular formula is C21H19ClF3N3O4S. The average Bonchev–Trinajstić information content (AvgIpc) is 3.13. The highest BCUT2D eigenvalue weighted by Crippen LogP contribution is 2.30. The summed E-state index contributed by atoms with van der Waals surface area (Å²) < 4.78 is 70.6. The molecule has 3 aromatic rings. The van der Waals surface area contributed by atoms with Crippen LogP contribution in [0.1, 0.15) is 17.8 Å². The molecule has 0 saturated carbocycles. The Hall–Kier alpha value is -3.05. The van der Waals surface area contributed by atoms with Gasteiger partial charge in [-0.3, -0.25) is 9.48 Å². The van der Waals surface area contributed by atoms with Crippen molar-refractivity contribution in [1.29, 1.82) is 0 Å². The Morgan fingerprint density at radius 3 is 2.36 bits per heavy atom. The van der Waals surface area contributed by atoms with E-state index in [-0.39, 0.29) is 39.9 Å². The zero-order chi connectivity index (χ0) is 24.4. The van der Waals surface area contributed by atoms with Gasteiger partial charge < -0.3 is 10.1 Å². The minimum absolute atomic E-state index is 0.00653. The Balaban J connectivity index is 1.78. The first-order chi connectivity index (χ1) is 15.4. The lowest BCUT2D eigenvalue weighted by Crippen LogP contribution is -2.16. The molecule has 33 heavy (non-hydrogen) atoms. The van der Waals surface area contributed by atoms with E-state index in [9.17, 15) is 26.4 Å². The van der Waals surface area contributed by atoms with Crippen molar-refractivity contribution in [2.45, 2.75) is 35.9 Å². The van der Waals surface area contributed by atoms with Crippen molar-refractivity contribution < 1.29 is 31.1 Å². The number of carbonyl (C=O) groups is 1. The maximum atomic E-state index is 13.0. The lowest BCUT2D eigenvalue weighted by molar-refractivity contribution is -0.141. The van der Waals surface area contributed by atoms with Crippen molar-refractivity contribution in [2.75, 3.05) is 12.4 Å². The third kappa shape index (κ3) is 5.85. The van der Waals surface area contributed by atoms with Crippen LogP contribution in [0.25, 0.3) is 0 Å². The Kier molecular flexibility index (Phi) is 7.03. The molecule has 1 aromatic heterocycles. The average molecular weight is 502 g/mol. The van der Waals surface area contributed by atoms with Gasteiger partial charge >= 0.3 is 6.18 Å². The summed E-state index contributed by atoms with van der Waals surface area (Å²) in [7, 11) is -2.58. The lowest BCUT2D eigenvalue weighted by atomic mass is 10.3. The van der Waals surface area contributed by atoms with Crippen LogP contribution in [0.4, 0.5) is 18.9 Å². The number of methoxy groups -OCH3 is 1. The van der Waals surface area contributed by atoms with Gasteiger partial charge in [0.2, 0.25) is 15.7 Å². The highest BCUT2D eigenvalue weighted by atomic mass is 35.5. The molecule has 0 aliphatic rings. The van der Waals surface area contributed by atoms with Gasteiger partial charge in [-0.05, 0) is 49.4 Å². The molecule has 2 aromatic carbocycles. The molecule has 0 spiro atoms. The first-order valence-electron chi connectivity index (χ1n) is 9.51. The molecule has 12 heteroatoms. The maximum absolute atomic E-state index is 13.0. The molecule has 0 unspecified atom stereocenters. The molecule has 0 saturated heterocycles. The molecule has 7 nitrogen and oxygen atoms in total. The number of nitrogens with one attached hydrogen (secondary N) is 1. The van der Waals surface area contributed by atoms with E-state index >= 15 is 0 Å². The van der Waals surface area contributed by atoms with Gasteiger partial charge in [0.15, 0.2) is 5.69 Å². The van der Waals surface area contributed by atoms with Crippen molar-refractivity contribution >= 4 is 33.0 Å². The van der Waals surface area contributed by atoms with Gasteiger partial charge in [0.25, 0.3) is 0 Å². The third-order valence-electron chi connectivity index (χ3n) is 4.66. The van der Waals surface area contributed by atoms with Gasteiger partial charge in [0, 0.05) is 35.4 Å². The number of aromatic nitrogens is 2. The van der Waals surface area contributed by atoms with Crippen LogP contribution in [-0.2, 0) is 27.4 Å². The molecule has 3 rings (SSSR count). The van der Waals surface area contributed by atoms with Gasteiger partial charge in [-0.15, -0.1) is 0 Å². The third-order valence-corrected chi connectivity index (χ3v) is 6.66. The van der Waals surface area contributed by atoms with Crippen LogP contribution >= 0.6 is 11.6 Å². The fraction of sp³-hybridized carbons (Fsp3) is 0.238. The van der Waals surface area contributed by atoms with E-state index in [1.165, 1.54) is 56.5 Å². The second-order valence-electron chi connectivity index (χ2n) is 7.04. The van der Waals surface area contributed by atoms with Gasteiger partial charge in [0.1, 0.15) is 5.75 Å². The van der Waals surface area contributed by atoms with Crippen LogP contribution in [-0.4, -0.2) is 31.2 Å². The minimum atomic E-state index is -4.58. The standard InChI is InChI=1S/C21H19ClF3N3O4S/c1-13-9-19(21(23,24)25)27-28(13)8-7-20(29)26-15-10-16(32-2)12-18(11-15)33(30,31)17-5-3-14(22)4-6-17/h3-6,9-12H,7-8H2,1-2H3,(H,26,29). The van der Waals surface area contributed by atoms with Gasteiger partial charge in [0.05, 0.1) is 16.9 Å². The summed E-state index contributed by atoms with van der Waals surface area (Å²) in [6.45, 7) is 1.36. The number of alkyl halides is 3. The van der Waals surface area contributed by atoms with E-state index in [1.54, 1.807) is 0 Å². The predicted octanol–water partition coefficient (Wildman–Crippen LogP) is 4.73. The number of nitrogens with zero attached hydrogens (tertiary/aromatic N) is 2. The number of sulfone groups is 1. The second kappa shape index (κ2) is 9.44. The smallest absolute Gasteiger partial charge is 0.435 e. The molecule has 0 aliphatic carbocycles. The first-order valence-corrected chi connectivity index (χ1v) is 11.4. The van der Waals surface area contributed by atoms with Crippen molar-refractivity contribution in [3.05, 3.63) is 64.9 Å². The second-order valence-corrected chi connectivity index (χ2v) is 9.43. The molecule has 1 heterocycles. The zero-order valence-electron chi connectivity index (χ0n) is 17.5. The van der Waals surface area contributed by atoms with E-state index in [1.807, 2.05) is 0 Å². The normalized spacial score (nSPS) is 11.9. The fourth-order valence-electron chi connectivity index (χ4n) is 2.97. The summed E-state index contributed by atoms with van der Waals surface area (Å²) in [5.74, 6) is -0.348. The van der Waals surface area contributed by atoms with Crippen molar-refractivity contribution in [1.82, 2.24) is 9.78 Å². The molecule has 0 aliphatic heterocycles. The van der Waals surface area contributed by atoms with Gasteiger partial charge in [-0.1, -0.05) is 11.6 Å². The highest BCUT2D eigenvalue weighted by molar-refractivity contribution is 7.91. The zero-order valence-corrected chi connectivity index (χ0v) is 19.1. The quantitative estimate of drug-likeness (QED) is 0.505. The SMILES string of the molecule is COc1cc(NC(=O)CCn2nc(C(F)(F)F)cc2C)cc(S(=O)(=O)c2ccc(Cl)cc2)c1. The number of amides is 1. The number of carbonyl (C=O) groups excluding carboxylic acids is 1. The minimum Gasteiger partial charge on any atom is -0.497 e. The monoisotopic (exact) mass is 501 g/mol. The topological polar surface area (TPSA) is 90.3 Å². The molecular weight excluding hydrogens is 483 g/mol. The van der Waals surface area contributed by atoms with Gasteiger partial charge in [-0.25, -0.2) is 8.42 Å². The summed E-state index contributed by atoms with van der Waals surface area (Å²) in [5.41, 5.74) is -0.627. The summed E-state index contributed by atoms with van der Waals surface area (Å²) in [4.78, 5) is 12.3. The molecule has 1 N–H and O–H groups in total. The molecule has 0 atom stereocenters. The highest BCUT2D eigenvalue weighted by Gasteiger charge is 2.34. The summed E-state index contributed by atoms with van der Waals surface area (Å²) in [5, 5.41) is 6.40. The number of ether oxygens (including phenoxy) is 1. The molecule has 0 bridgehead atoms. The van der Waals surface area contributed by atoms with Gasteiger partial charge in [-0.2, -0.15) is 18.3 Å². The van der Waals surface area contributed by atoms with Crippen LogP contribution in [0.15, 0.2) is 58.3 Å². The van der Waals surface area contributed by atoms with Crippen LogP contribution in [0.3, 0.4) is 0 Å². The Morgan fingerprint density at radius 2 is 1.79 bits per heavy atom. The van der Waals surface area contributed by atoms with E-state index in [4.69, 9.17) is 16.3 Å². The molecule has 0 radical (unpaired) electrons. The molecule has 176 valence electrons. The van der Waals surface area contributed by atoms with Crippen LogP contribution in [0.2, 0.25) is 5.02 Å². The van der Waals surface area contributed by atoms with Crippen LogP contribution < -0.4 is 10.1 Å². The largest absolute Gasteiger partial charge is 0.497 e. The number of benzene rings is 2. The van der Waals surface area contributed by atoms with E-state index < -0.39 is 27.6 Å². The number of rotatable bonds is 7. The lowest BCUT2D eigenvalue weighted by Gasteiger charge is -2.12. The van der Waals surface area contributed by atoms with Crippen molar-refractivity contribution in [3.63, 3.8) is 0 Å². The van der Waals surface area contributed by atoms with E-state index in [2.05, 4.69) is 10.4 Å². The number of hydrogen-bond acceptors (Lipinski definition) is 5. The molecule has 0 fully saturated rings. The Bertz CT molecular complexity index is 1270. The maximum Gasteiger partial charge on any atom is 0.435 e. The Labute approximate surface area is 193 Å². The fourth-order valence-corrected chi connectivity index (χ4v) is 4.42. The predicted molar refractivity (Wildman–Crippen MR) is 115 cm³/mol.